The molecule has 0 unspecified atom stereocenters. The number of fused-ring (bicyclic) bond motifs is 2. The number of hydrogen-bond acceptors (Lipinski definition) is 5. The maximum atomic E-state index is 13.8. The molecule has 1 amide bonds. The van der Waals surface area contributed by atoms with Crippen LogP contribution in [0.3, 0.4) is 0 Å². The summed E-state index contributed by atoms with van der Waals surface area (Å²) in [6, 6.07) is 27.9. The maximum absolute atomic E-state index is 13.8. The minimum Gasteiger partial charge on any atom is -0.478 e. The van der Waals surface area contributed by atoms with E-state index < -0.39 is 5.97 Å². The van der Waals surface area contributed by atoms with E-state index in [1.54, 1.807) is 22.7 Å². The highest BCUT2D eigenvalue weighted by Crippen LogP contribution is 2.25. The number of aromatic nitrogens is 4. The fourth-order valence-corrected chi connectivity index (χ4v) is 4.85. The zero-order valence-corrected chi connectivity index (χ0v) is 21.7. The number of rotatable bonds is 7. The second-order valence-electron chi connectivity index (χ2n) is 9.66. The number of carboxylic acid groups (broad SMARTS) is 1. The first-order valence-corrected chi connectivity index (χ1v) is 12.9. The van der Waals surface area contributed by atoms with Crippen LogP contribution in [0.5, 0.6) is 0 Å². The lowest BCUT2D eigenvalue weighted by Crippen LogP contribution is -2.28. The van der Waals surface area contributed by atoms with Gasteiger partial charge in [-0.25, -0.2) is 4.79 Å². The molecule has 2 N–H and O–H groups in total. The summed E-state index contributed by atoms with van der Waals surface area (Å²) in [6.45, 7) is 1.86. The van der Waals surface area contributed by atoms with Gasteiger partial charge in [0.2, 0.25) is 0 Å². The van der Waals surface area contributed by atoms with Gasteiger partial charge in [0.05, 0.1) is 11.6 Å². The Morgan fingerprint density at radius 1 is 0.875 bits per heavy atom. The average molecular weight is 528 g/mol. The largest absolute Gasteiger partial charge is 0.478 e. The number of carboxylic acids is 1. The molecule has 3 aromatic carbocycles. The van der Waals surface area contributed by atoms with Crippen LogP contribution < -0.4 is 5.32 Å². The van der Waals surface area contributed by atoms with E-state index in [2.05, 4.69) is 26.6 Å². The topological polar surface area (TPSA) is 109 Å². The Morgan fingerprint density at radius 3 is 2.45 bits per heavy atom. The highest BCUT2D eigenvalue weighted by Gasteiger charge is 2.20. The summed E-state index contributed by atoms with van der Waals surface area (Å²) in [5.41, 5.74) is 4.81. The number of nitrogens with one attached hydrogen (secondary N) is 1. The second-order valence-corrected chi connectivity index (χ2v) is 9.66. The summed E-state index contributed by atoms with van der Waals surface area (Å²) >= 11 is 0. The fraction of sp³-hybridized carbons (Fsp3) is 0.0938. The second kappa shape index (κ2) is 10.4. The minimum absolute atomic E-state index is 0.193. The van der Waals surface area contributed by atoms with Crippen molar-refractivity contribution in [3.8, 4) is 11.1 Å². The van der Waals surface area contributed by atoms with E-state index in [0.29, 0.717) is 23.6 Å². The lowest BCUT2D eigenvalue weighted by Gasteiger charge is -2.17. The number of amides is 1. The molecule has 8 heteroatoms. The zero-order chi connectivity index (χ0) is 27.6. The van der Waals surface area contributed by atoms with Crippen LogP contribution in [0.1, 0.15) is 50.8 Å². The van der Waals surface area contributed by atoms with Gasteiger partial charge in [0, 0.05) is 24.2 Å². The van der Waals surface area contributed by atoms with E-state index in [9.17, 15) is 14.7 Å². The van der Waals surface area contributed by atoms with Crippen LogP contribution in [-0.4, -0.2) is 36.6 Å². The number of carbonyl (C=O) groups is 2. The first kappa shape index (κ1) is 24.9. The van der Waals surface area contributed by atoms with E-state index in [4.69, 9.17) is 0 Å². The predicted octanol–water partition coefficient (Wildman–Crippen LogP) is 5.72. The molecule has 0 saturated heterocycles. The van der Waals surface area contributed by atoms with Crippen molar-refractivity contribution in [1.82, 2.24) is 24.9 Å². The van der Waals surface area contributed by atoms with Crippen LogP contribution in [0.2, 0.25) is 0 Å². The van der Waals surface area contributed by atoms with E-state index in [0.717, 1.165) is 33.0 Å². The van der Waals surface area contributed by atoms with Crippen LogP contribution >= 0.6 is 0 Å². The molecule has 0 aliphatic rings. The van der Waals surface area contributed by atoms with Gasteiger partial charge in [0.25, 0.3) is 5.91 Å². The van der Waals surface area contributed by atoms with Crippen molar-refractivity contribution < 1.29 is 14.7 Å². The lowest BCUT2D eigenvalue weighted by molar-refractivity contribution is 0.0696. The average Bonchev–Trinajstić information content (AvgIpc) is 3.39. The van der Waals surface area contributed by atoms with Crippen molar-refractivity contribution in [3.05, 3.63) is 132 Å². The van der Waals surface area contributed by atoms with Crippen LogP contribution in [0.15, 0.2) is 103 Å². The molecule has 196 valence electrons. The van der Waals surface area contributed by atoms with Crippen molar-refractivity contribution in [2.75, 3.05) is 0 Å². The Morgan fingerprint density at radius 2 is 1.68 bits per heavy atom. The van der Waals surface area contributed by atoms with Gasteiger partial charge >= 0.3 is 5.97 Å². The molecule has 0 bridgehead atoms. The Bertz CT molecular complexity index is 1860. The summed E-state index contributed by atoms with van der Waals surface area (Å²) in [5, 5.41) is 23.3. The quantitative estimate of drug-likeness (QED) is 0.275. The molecular formula is C32H25N5O3. The number of aromatic carboxylic acids is 1. The number of hydrogen-bond donors (Lipinski definition) is 2. The Labute approximate surface area is 230 Å². The number of pyridine rings is 2. The summed E-state index contributed by atoms with van der Waals surface area (Å²) in [7, 11) is 0. The highest BCUT2D eigenvalue weighted by atomic mass is 16.4. The summed E-state index contributed by atoms with van der Waals surface area (Å²) in [4.78, 5) is 29.2. The van der Waals surface area contributed by atoms with Crippen molar-refractivity contribution >= 4 is 28.3 Å². The van der Waals surface area contributed by atoms with Crippen molar-refractivity contribution in [1.29, 1.82) is 0 Å². The smallest absolute Gasteiger partial charge is 0.335 e. The third-order valence-corrected chi connectivity index (χ3v) is 6.99. The van der Waals surface area contributed by atoms with Gasteiger partial charge in [-0.3, -0.25) is 14.2 Å². The SMILES string of the molecule is C[C@H](NC(=O)c1cc(-c2ccccc2)cc2nnc(Cc3ccc4ccncc4c3)n12)c1ccc(C(=O)O)cc1. The van der Waals surface area contributed by atoms with Gasteiger partial charge < -0.3 is 10.4 Å². The summed E-state index contributed by atoms with van der Waals surface area (Å²) in [5.74, 6) is -0.644. The van der Waals surface area contributed by atoms with E-state index in [1.807, 2.05) is 73.8 Å². The van der Waals surface area contributed by atoms with Gasteiger partial charge in [-0.1, -0.05) is 54.6 Å². The monoisotopic (exact) mass is 527 g/mol. The highest BCUT2D eigenvalue weighted by molar-refractivity contribution is 5.95. The van der Waals surface area contributed by atoms with E-state index in [-0.39, 0.29) is 17.5 Å². The zero-order valence-electron chi connectivity index (χ0n) is 21.7. The molecule has 8 nitrogen and oxygen atoms in total. The number of carbonyl (C=O) groups excluding carboxylic acids is 1. The fourth-order valence-electron chi connectivity index (χ4n) is 4.85. The standard InChI is InChI=1S/C32H25N5O3/c1-20(22-9-11-25(12-10-22)32(39)40)34-31(38)28-17-26(23-5-3-2-4-6-23)18-30-36-35-29(37(28)30)16-21-7-8-24-13-14-33-19-27(24)15-21/h2-15,17-20H,16H2,1H3,(H,34,38)(H,39,40)/t20-/m0/s1. The van der Waals surface area contributed by atoms with Crippen LogP contribution in [0.25, 0.3) is 27.5 Å². The molecule has 3 aromatic heterocycles. The molecule has 0 saturated carbocycles. The molecule has 0 radical (unpaired) electrons. The molecular weight excluding hydrogens is 502 g/mol. The van der Waals surface area contributed by atoms with Crippen molar-refractivity contribution in [3.63, 3.8) is 0 Å². The molecule has 0 aliphatic carbocycles. The van der Waals surface area contributed by atoms with Crippen LogP contribution in [0, 0.1) is 0 Å². The first-order chi connectivity index (χ1) is 19.5. The lowest BCUT2D eigenvalue weighted by atomic mass is 10.0. The van der Waals surface area contributed by atoms with Gasteiger partial charge in [-0.15, -0.1) is 10.2 Å². The molecule has 0 fully saturated rings. The number of benzene rings is 3. The maximum Gasteiger partial charge on any atom is 0.335 e. The Kier molecular flexibility index (Phi) is 6.49. The molecule has 1 atom stereocenters. The van der Waals surface area contributed by atoms with Gasteiger partial charge in [0.1, 0.15) is 11.5 Å². The van der Waals surface area contributed by atoms with E-state index >= 15 is 0 Å². The first-order valence-electron chi connectivity index (χ1n) is 12.9. The summed E-state index contributed by atoms with van der Waals surface area (Å²) in [6.07, 6.45) is 4.07. The molecule has 0 spiro atoms. The molecule has 3 heterocycles. The van der Waals surface area contributed by atoms with Crippen molar-refractivity contribution in [2.45, 2.75) is 19.4 Å². The third-order valence-electron chi connectivity index (χ3n) is 6.99. The summed E-state index contributed by atoms with van der Waals surface area (Å²) < 4.78 is 1.80. The normalized spacial score (nSPS) is 11.9. The van der Waals surface area contributed by atoms with Gasteiger partial charge in [-0.2, -0.15) is 0 Å². The van der Waals surface area contributed by atoms with Crippen LogP contribution in [0.4, 0.5) is 0 Å². The molecule has 40 heavy (non-hydrogen) atoms. The van der Waals surface area contributed by atoms with Gasteiger partial charge in [-0.05, 0) is 71.0 Å². The molecule has 0 aliphatic heterocycles. The third kappa shape index (κ3) is 4.90. The van der Waals surface area contributed by atoms with Crippen LogP contribution in [-0.2, 0) is 6.42 Å². The molecule has 6 rings (SSSR count). The van der Waals surface area contributed by atoms with Crippen molar-refractivity contribution in [2.24, 2.45) is 0 Å². The molecule has 6 aromatic rings. The Balaban J connectivity index is 1.39. The minimum atomic E-state index is -0.994. The van der Waals surface area contributed by atoms with E-state index in [1.165, 1.54) is 12.1 Å². The van der Waals surface area contributed by atoms with Gasteiger partial charge in [0.15, 0.2) is 5.65 Å². The predicted molar refractivity (Wildman–Crippen MR) is 152 cm³/mol. The Hall–Kier alpha value is -5.37. The number of nitrogens with zero attached hydrogens (tertiary/aromatic N) is 4.